The Hall–Kier alpha value is -3.42. The van der Waals surface area contributed by atoms with Crippen molar-refractivity contribution >= 4 is 17.8 Å². The summed E-state index contributed by atoms with van der Waals surface area (Å²) in [5.41, 5.74) is 2.00. The van der Waals surface area contributed by atoms with Crippen LogP contribution in [0.25, 0.3) is 0 Å². The molecule has 2 atom stereocenters. The lowest BCUT2D eigenvalue weighted by atomic mass is 9.93. The third-order valence-electron chi connectivity index (χ3n) is 5.03. The zero-order valence-corrected chi connectivity index (χ0v) is 16.2. The van der Waals surface area contributed by atoms with Crippen molar-refractivity contribution in [2.24, 2.45) is 0 Å². The van der Waals surface area contributed by atoms with Crippen molar-refractivity contribution in [1.82, 2.24) is 14.8 Å². The maximum Gasteiger partial charge on any atom is 0.250 e. The molecule has 150 valence electrons. The average molecular weight is 395 g/mol. The monoisotopic (exact) mass is 395 g/mol. The molecule has 0 radical (unpaired) electrons. The van der Waals surface area contributed by atoms with Crippen LogP contribution in [0.2, 0.25) is 0 Å². The van der Waals surface area contributed by atoms with Crippen molar-refractivity contribution in [3.05, 3.63) is 65.5 Å². The van der Waals surface area contributed by atoms with Crippen LogP contribution in [0.1, 0.15) is 43.0 Å². The van der Waals surface area contributed by atoms with E-state index in [2.05, 4.69) is 20.7 Å². The fourth-order valence-electron chi connectivity index (χ4n) is 3.46. The van der Waals surface area contributed by atoms with E-state index in [1.807, 2.05) is 24.3 Å². The van der Waals surface area contributed by atoms with Crippen LogP contribution in [0.3, 0.4) is 0 Å². The molecule has 0 saturated heterocycles. The summed E-state index contributed by atoms with van der Waals surface area (Å²) in [7, 11) is 1.63. The number of aromatic nitrogens is 3. The van der Waals surface area contributed by atoms with Crippen molar-refractivity contribution < 1.29 is 13.9 Å². The van der Waals surface area contributed by atoms with E-state index in [1.165, 1.54) is 12.1 Å². The summed E-state index contributed by atoms with van der Waals surface area (Å²) in [5, 5.41) is 10.6. The van der Waals surface area contributed by atoms with Gasteiger partial charge >= 0.3 is 0 Å². The van der Waals surface area contributed by atoms with Crippen LogP contribution in [0, 0.1) is 5.82 Å². The lowest BCUT2D eigenvalue weighted by molar-refractivity contribution is -0.115. The Bertz CT molecular complexity index is 1000. The van der Waals surface area contributed by atoms with Gasteiger partial charge in [-0.15, -0.1) is 5.10 Å². The number of ether oxygens (including phenoxy) is 1. The van der Waals surface area contributed by atoms with Crippen LogP contribution in [0.5, 0.6) is 5.75 Å². The van der Waals surface area contributed by atoms with Crippen molar-refractivity contribution in [3.8, 4) is 5.75 Å². The van der Waals surface area contributed by atoms with E-state index in [9.17, 15) is 9.18 Å². The Morgan fingerprint density at radius 3 is 2.55 bits per heavy atom. The van der Waals surface area contributed by atoms with Gasteiger partial charge in [0.25, 0.3) is 5.95 Å². The number of nitrogens with zero attached hydrogens (tertiary/aromatic N) is 3. The molecule has 1 aliphatic rings. The Morgan fingerprint density at radius 1 is 1.21 bits per heavy atom. The molecule has 0 fully saturated rings. The van der Waals surface area contributed by atoms with Gasteiger partial charge in [0.2, 0.25) is 11.9 Å². The molecule has 0 saturated carbocycles. The first-order valence-corrected chi connectivity index (χ1v) is 9.49. The summed E-state index contributed by atoms with van der Waals surface area (Å²) in [6.45, 7) is 1.77. The van der Waals surface area contributed by atoms with E-state index in [-0.39, 0.29) is 29.8 Å². The maximum atomic E-state index is 13.4. The Balaban J connectivity index is 1.70. The van der Waals surface area contributed by atoms with E-state index in [4.69, 9.17) is 4.74 Å². The smallest absolute Gasteiger partial charge is 0.250 e. The predicted molar refractivity (Wildman–Crippen MR) is 107 cm³/mol. The van der Waals surface area contributed by atoms with E-state index >= 15 is 0 Å². The first kappa shape index (κ1) is 18.9. The molecule has 0 aliphatic carbocycles. The predicted octanol–water partition coefficient (Wildman–Crippen LogP) is 3.92. The van der Waals surface area contributed by atoms with Crippen molar-refractivity contribution in [1.29, 1.82) is 0 Å². The van der Waals surface area contributed by atoms with E-state index in [0.29, 0.717) is 18.8 Å². The van der Waals surface area contributed by atoms with Gasteiger partial charge in [-0.1, -0.05) is 31.2 Å². The summed E-state index contributed by atoms with van der Waals surface area (Å²) in [5.74, 6) is 1.15. The van der Waals surface area contributed by atoms with Gasteiger partial charge in [-0.3, -0.25) is 10.1 Å². The highest BCUT2D eigenvalue weighted by Gasteiger charge is 2.31. The van der Waals surface area contributed by atoms with Gasteiger partial charge in [0.1, 0.15) is 11.6 Å². The molecule has 0 unspecified atom stereocenters. The second-order valence-corrected chi connectivity index (χ2v) is 6.88. The number of hydrogen-bond donors (Lipinski definition) is 2. The molecule has 8 heteroatoms. The molecule has 7 nitrogen and oxygen atoms in total. The van der Waals surface area contributed by atoms with Crippen molar-refractivity contribution in [2.45, 2.75) is 31.8 Å². The topological polar surface area (TPSA) is 81.1 Å². The van der Waals surface area contributed by atoms with Crippen LogP contribution >= 0.6 is 0 Å². The number of methoxy groups -OCH3 is 1. The zero-order chi connectivity index (χ0) is 20.4. The molecule has 4 rings (SSSR count). The molecular formula is C21H22FN5O2. The molecule has 2 N–H and O–H groups in total. The standard InChI is InChI=1S/C21H22FN5O2/c1-3-19(28)24-20-25-21-23-17(13-6-10-16(29-2)11-7-13)12-18(27(21)26-20)14-4-8-15(22)9-5-14/h4-11,17-18H,3,12H2,1-2H3,(H2,23,24,25,26,28)/t17-,18-/m0/s1. The number of rotatable bonds is 5. The number of carbonyl (C=O) groups is 1. The minimum Gasteiger partial charge on any atom is -0.497 e. The summed E-state index contributed by atoms with van der Waals surface area (Å²) in [6, 6.07) is 14.0. The van der Waals surface area contributed by atoms with Gasteiger partial charge in [0.15, 0.2) is 0 Å². The third kappa shape index (κ3) is 3.91. The molecule has 0 bridgehead atoms. The van der Waals surface area contributed by atoms with Crippen LogP contribution in [-0.4, -0.2) is 27.8 Å². The molecule has 3 aromatic rings. The molecular weight excluding hydrogens is 373 g/mol. The first-order valence-electron chi connectivity index (χ1n) is 9.49. The van der Waals surface area contributed by atoms with Crippen LogP contribution < -0.4 is 15.4 Å². The molecule has 0 spiro atoms. The lowest BCUT2D eigenvalue weighted by Crippen LogP contribution is -2.28. The second-order valence-electron chi connectivity index (χ2n) is 6.88. The average Bonchev–Trinajstić information content (AvgIpc) is 3.16. The Morgan fingerprint density at radius 2 is 1.90 bits per heavy atom. The molecule has 1 aliphatic heterocycles. The summed E-state index contributed by atoms with van der Waals surface area (Å²) >= 11 is 0. The molecule has 2 aromatic carbocycles. The normalized spacial score (nSPS) is 17.9. The number of nitrogens with one attached hydrogen (secondary N) is 2. The number of hydrogen-bond acceptors (Lipinski definition) is 5. The number of benzene rings is 2. The van der Waals surface area contributed by atoms with Crippen molar-refractivity contribution in [2.75, 3.05) is 17.7 Å². The van der Waals surface area contributed by atoms with Gasteiger partial charge in [-0.2, -0.15) is 4.98 Å². The SMILES string of the molecule is CCC(=O)Nc1nc2n(n1)[C@H](c1ccc(F)cc1)C[C@@H](c1ccc(OC)cc1)N2. The minimum absolute atomic E-state index is 0.0256. The fraction of sp³-hybridized carbons (Fsp3) is 0.286. The minimum atomic E-state index is -0.288. The molecule has 1 amide bonds. The number of carbonyl (C=O) groups excluding carboxylic acids is 1. The number of fused-ring (bicyclic) bond motifs is 1. The van der Waals surface area contributed by atoms with Gasteiger partial charge in [-0.05, 0) is 41.8 Å². The third-order valence-corrected chi connectivity index (χ3v) is 5.03. The van der Waals surface area contributed by atoms with Crippen LogP contribution in [-0.2, 0) is 4.79 Å². The van der Waals surface area contributed by atoms with Gasteiger partial charge < -0.3 is 10.1 Å². The highest BCUT2D eigenvalue weighted by atomic mass is 19.1. The summed E-state index contributed by atoms with van der Waals surface area (Å²) in [4.78, 5) is 16.2. The highest BCUT2D eigenvalue weighted by Crippen LogP contribution is 2.38. The number of halogens is 1. The molecule has 2 heterocycles. The Kier molecular flexibility index (Phi) is 5.16. The maximum absolute atomic E-state index is 13.4. The zero-order valence-electron chi connectivity index (χ0n) is 16.2. The second kappa shape index (κ2) is 7.90. The lowest BCUT2D eigenvalue weighted by Gasteiger charge is -2.31. The molecule has 29 heavy (non-hydrogen) atoms. The quantitative estimate of drug-likeness (QED) is 0.684. The fourth-order valence-corrected chi connectivity index (χ4v) is 3.46. The number of anilines is 2. The highest BCUT2D eigenvalue weighted by molar-refractivity contribution is 5.88. The number of amides is 1. The van der Waals surface area contributed by atoms with Crippen LogP contribution in [0.15, 0.2) is 48.5 Å². The largest absolute Gasteiger partial charge is 0.497 e. The van der Waals surface area contributed by atoms with Crippen molar-refractivity contribution in [3.63, 3.8) is 0 Å². The summed E-state index contributed by atoms with van der Waals surface area (Å²) < 4.78 is 20.4. The van der Waals surface area contributed by atoms with E-state index in [1.54, 1.807) is 30.8 Å². The van der Waals surface area contributed by atoms with Gasteiger partial charge in [0.05, 0.1) is 19.2 Å². The summed E-state index contributed by atoms with van der Waals surface area (Å²) in [6.07, 6.45) is 1.03. The van der Waals surface area contributed by atoms with Crippen LogP contribution in [0.4, 0.5) is 16.3 Å². The van der Waals surface area contributed by atoms with Gasteiger partial charge in [0, 0.05) is 6.42 Å². The van der Waals surface area contributed by atoms with E-state index in [0.717, 1.165) is 16.9 Å². The first-order chi connectivity index (χ1) is 14.1. The molecule has 1 aromatic heterocycles. The van der Waals surface area contributed by atoms with E-state index < -0.39 is 0 Å². The van der Waals surface area contributed by atoms with Gasteiger partial charge in [-0.25, -0.2) is 9.07 Å². The Labute approximate surface area is 167 Å².